The first-order valence-corrected chi connectivity index (χ1v) is 5.94. The zero-order chi connectivity index (χ0) is 14.6. The van der Waals surface area contributed by atoms with Gasteiger partial charge in [0.15, 0.2) is 12.4 Å². The molecule has 4 N–H and O–H groups in total. The number of aliphatic hydroxyl groups excluding tert-OH is 3. The molecular weight excluding hydrogens is 258 g/mol. The lowest BCUT2D eigenvalue weighted by molar-refractivity contribution is -0.269. The van der Waals surface area contributed by atoms with E-state index in [2.05, 4.69) is 5.32 Å². The van der Waals surface area contributed by atoms with Crippen LogP contribution in [-0.4, -0.2) is 78.8 Å². The summed E-state index contributed by atoms with van der Waals surface area (Å²) in [6, 6.07) is -0.773. The van der Waals surface area contributed by atoms with Gasteiger partial charge in [0.05, 0.1) is 18.8 Å². The van der Waals surface area contributed by atoms with Crippen LogP contribution in [0.1, 0.15) is 6.92 Å². The molecule has 6 atom stereocenters. The van der Waals surface area contributed by atoms with E-state index in [-0.39, 0.29) is 0 Å². The molecule has 0 spiro atoms. The molecule has 0 aliphatic carbocycles. The lowest BCUT2D eigenvalue weighted by Gasteiger charge is -2.42. The van der Waals surface area contributed by atoms with E-state index < -0.39 is 49.3 Å². The van der Waals surface area contributed by atoms with Gasteiger partial charge in [-0.1, -0.05) is 0 Å². The average molecular weight is 279 g/mol. The van der Waals surface area contributed by atoms with Crippen molar-refractivity contribution in [3.8, 4) is 0 Å². The van der Waals surface area contributed by atoms with Gasteiger partial charge in [-0.2, -0.15) is 0 Å². The quantitative estimate of drug-likeness (QED) is 0.443. The van der Waals surface area contributed by atoms with Crippen LogP contribution in [0.2, 0.25) is 0 Å². The summed E-state index contributed by atoms with van der Waals surface area (Å²) in [5, 5.41) is 30.5. The van der Waals surface area contributed by atoms with Gasteiger partial charge in [0.1, 0.15) is 12.2 Å². The van der Waals surface area contributed by atoms with Crippen LogP contribution in [0.5, 0.6) is 0 Å². The van der Waals surface area contributed by atoms with Gasteiger partial charge >= 0.3 is 0 Å². The maximum atomic E-state index is 11.5. The summed E-state index contributed by atoms with van der Waals surface area (Å²) in [6.45, 7) is 0.954. The lowest BCUT2D eigenvalue weighted by atomic mass is 9.96. The highest BCUT2D eigenvalue weighted by molar-refractivity contribution is 5.81. The first-order chi connectivity index (χ1) is 8.96. The third-order valence-corrected chi connectivity index (χ3v) is 3.12. The van der Waals surface area contributed by atoms with E-state index >= 15 is 0 Å². The van der Waals surface area contributed by atoms with E-state index in [0.717, 1.165) is 0 Å². The van der Waals surface area contributed by atoms with E-state index in [4.69, 9.17) is 19.3 Å². The van der Waals surface area contributed by atoms with Crippen molar-refractivity contribution < 1.29 is 34.3 Å². The van der Waals surface area contributed by atoms with Crippen molar-refractivity contribution in [3.05, 3.63) is 0 Å². The Balaban J connectivity index is 2.74. The number of rotatable bonds is 5. The molecule has 0 unspecified atom stereocenters. The van der Waals surface area contributed by atoms with Gasteiger partial charge in [0, 0.05) is 14.2 Å². The Morgan fingerprint density at radius 1 is 1.42 bits per heavy atom. The molecule has 1 heterocycles. The van der Waals surface area contributed by atoms with Gasteiger partial charge in [0.2, 0.25) is 0 Å². The van der Waals surface area contributed by atoms with Gasteiger partial charge < -0.3 is 34.8 Å². The van der Waals surface area contributed by atoms with Crippen molar-refractivity contribution in [2.75, 3.05) is 20.8 Å². The Bertz CT molecular complexity index is 301. The Kier molecular flexibility index (Phi) is 6.11. The highest BCUT2D eigenvalue weighted by Crippen LogP contribution is 2.23. The smallest absolute Gasteiger partial charge is 0.251 e. The number of ether oxygens (including phenoxy) is 3. The van der Waals surface area contributed by atoms with Crippen LogP contribution in [0.4, 0.5) is 0 Å². The number of hydrogen-bond donors (Lipinski definition) is 4. The molecule has 8 heteroatoms. The highest BCUT2D eigenvalue weighted by atomic mass is 16.7. The number of hydrogen-bond acceptors (Lipinski definition) is 7. The van der Waals surface area contributed by atoms with Crippen LogP contribution in [0, 0.1) is 0 Å². The third kappa shape index (κ3) is 3.62. The number of amides is 1. The minimum Gasteiger partial charge on any atom is -0.393 e. The molecule has 19 heavy (non-hydrogen) atoms. The minimum absolute atomic E-state index is 0.541. The molecule has 8 nitrogen and oxygen atoms in total. The van der Waals surface area contributed by atoms with Gasteiger partial charge in [0.25, 0.3) is 5.91 Å². The van der Waals surface area contributed by atoms with Crippen LogP contribution >= 0.6 is 0 Å². The second-order valence-electron chi connectivity index (χ2n) is 4.37. The number of carbonyl (C=O) groups is 1. The molecule has 0 aromatic rings. The molecule has 1 rings (SSSR count). The van der Waals surface area contributed by atoms with Crippen LogP contribution < -0.4 is 5.32 Å². The summed E-state index contributed by atoms with van der Waals surface area (Å²) < 4.78 is 15.6. The average Bonchev–Trinajstić information content (AvgIpc) is 2.41. The number of nitrogens with one attached hydrogen (secondary N) is 1. The monoisotopic (exact) mass is 279 g/mol. The Morgan fingerprint density at radius 2 is 2.05 bits per heavy atom. The molecule has 0 saturated carbocycles. The summed E-state index contributed by atoms with van der Waals surface area (Å²) in [6.07, 6.45) is -4.65. The van der Waals surface area contributed by atoms with Gasteiger partial charge in [-0.05, 0) is 6.92 Å². The fourth-order valence-corrected chi connectivity index (χ4v) is 2.00. The van der Waals surface area contributed by atoms with Crippen molar-refractivity contribution in [1.82, 2.24) is 5.32 Å². The summed E-state index contributed by atoms with van der Waals surface area (Å²) in [4.78, 5) is 11.5. The van der Waals surface area contributed by atoms with Crippen molar-refractivity contribution in [2.45, 2.75) is 43.7 Å². The van der Waals surface area contributed by atoms with Crippen LogP contribution in [-0.2, 0) is 19.0 Å². The Hall–Kier alpha value is -0.770. The topological polar surface area (TPSA) is 117 Å². The molecule has 1 saturated heterocycles. The number of aliphatic hydroxyl groups is 3. The van der Waals surface area contributed by atoms with Gasteiger partial charge in [-0.3, -0.25) is 4.79 Å². The van der Waals surface area contributed by atoms with Crippen molar-refractivity contribution in [2.24, 2.45) is 0 Å². The highest BCUT2D eigenvalue weighted by Gasteiger charge is 2.45. The standard InChI is InChI=1S/C11H21NO7/c1-5-7(12-10(16)6(14)4-13)8(15)9(17-2)11(18-3)19-5/h5-9,11,13-15H,4H2,1-3H3,(H,12,16)/t5-,6-,7-,8+,9+,11+/m1/s1. The molecule has 1 amide bonds. The van der Waals surface area contributed by atoms with Crippen LogP contribution in [0.25, 0.3) is 0 Å². The molecule has 1 fully saturated rings. The maximum Gasteiger partial charge on any atom is 0.251 e. The molecule has 1 aliphatic rings. The van der Waals surface area contributed by atoms with Crippen molar-refractivity contribution >= 4 is 5.91 Å². The first-order valence-electron chi connectivity index (χ1n) is 5.94. The summed E-state index contributed by atoms with van der Waals surface area (Å²) >= 11 is 0. The van der Waals surface area contributed by atoms with E-state index in [1.165, 1.54) is 14.2 Å². The van der Waals surface area contributed by atoms with E-state index in [1.54, 1.807) is 6.92 Å². The molecule has 1 aliphatic heterocycles. The Labute approximate surface area is 111 Å². The van der Waals surface area contributed by atoms with Crippen LogP contribution in [0.3, 0.4) is 0 Å². The maximum absolute atomic E-state index is 11.5. The van der Waals surface area contributed by atoms with E-state index in [0.29, 0.717) is 0 Å². The second-order valence-corrected chi connectivity index (χ2v) is 4.37. The first kappa shape index (κ1) is 16.3. The van der Waals surface area contributed by atoms with Crippen molar-refractivity contribution in [3.63, 3.8) is 0 Å². The number of carbonyl (C=O) groups excluding carboxylic acids is 1. The van der Waals surface area contributed by atoms with Gasteiger partial charge in [-0.15, -0.1) is 0 Å². The fourth-order valence-electron chi connectivity index (χ4n) is 2.00. The predicted octanol–water partition coefficient (Wildman–Crippen LogP) is -2.41. The Morgan fingerprint density at radius 3 is 2.53 bits per heavy atom. The second kappa shape index (κ2) is 7.13. The summed E-state index contributed by atoms with van der Waals surface area (Å²) in [7, 11) is 2.81. The molecule has 0 radical (unpaired) electrons. The van der Waals surface area contributed by atoms with E-state index in [9.17, 15) is 15.0 Å². The van der Waals surface area contributed by atoms with Gasteiger partial charge in [-0.25, -0.2) is 0 Å². The molecular formula is C11H21NO7. The summed E-state index contributed by atoms with van der Waals surface area (Å²) in [5.41, 5.74) is 0. The zero-order valence-electron chi connectivity index (χ0n) is 11.1. The molecule has 0 aromatic carbocycles. The predicted molar refractivity (Wildman–Crippen MR) is 63.2 cm³/mol. The molecule has 0 bridgehead atoms. The molecule has 112 valence electrons. The molecule has 0 aromatic heterocycles. The SMILES string of the molecule is CO[C@H]1O[C@H](C)[C@@H](NC(=O)[C@H](O)CO)[C@H](O)[C@@H]1OC. The summed E-state index contributed by atoms with van der Waals surface area (Å²) in [5.74, 6) is -0.785. The third-order valence-electron chi connectivity index (χ3n) is 3.12. The van der Waals surface area contributed by atoms with Crippen LogP contribution in [0.15, 0.2) is 0 Å². The lowest BCUT2D eigenvalue weighted by Crippen LogP contribution is -2.64. The minimum atomic E-state index is -1.54. The largest absolute Gasteiger partial charge is 0.393 e. The van der Waals surface area contributed by atoms with E-state index in [1.807, 2.05) is 0 Å². The fraction of sp³-hybridized carbons (Fsp3) is 0.909. The normalized spacial score (nSPS) is 36.8. The number of methoxy groups -OCH3 is 2. The zero-order valence-corrected chi connectivity index (χ0v) is 11.1. The van der Waals surface area contributed by atoms with Crippen molar-refractivity contribution in [1.29, 1.82) is 0 Å².